The number of nitrogens with two attached hydrogens (primary N) is 1. The van der Waals surface area contributed by atoms with E-state index >= 15 is 0 Å². The fourth-order valence-electron chi connectivity index (χ4n) is 2.31. The fourth-order valence-corrected chi connectivity index (χ4v) is 2.31. The van der Waals surface area contributed by atoms with Crippen LogP contribution in [0.5, 0.6) is 0 Å². The van der Waals surface area contributed by atoms with Crippen molar-refractivity contribution in [3.05, 3.63) is 0 Å². The lowest BCUT2D eigenvalue weighted by molar-refractivity contribution is -0.139. The molecule has 0 radical (unpaired) electrons. The predicted molar refractivity (Wildman–Crippen MR) is 68.7 cm³/mol. The van der Waals surface area contributed by atoms with Crippen molar-refractivity contribution in [2.24, 2.45) is 5.73 Å². The van der Waals surface area contributed by atoms with Gasteiger partial charge in [0, 0.05) is 12.6 Å². The van der Waals surface area contributed by atoms with Crippen molar-refractivity contribution >= 4 is 5.91 Å². The van der Waals surface area contributed by atoms with Crippen LogP contribution in [0.2, 0.25) is 0 Å². The van der Waals surface area contributed by atoms with Gasteiger partial charge in [0.05, 0.1) is 6.10 Å². The van der Waals surface area contributed by atoms with Crippen LogP contribution in [-0.4, -0.2) is 42.6 Å². The topological polar surface area (TPSA) is 55.6 Å². The van der Waals surface area contributed by atoms with E-state index in [0.29, 0.717) is 12.6 Å². The Labute approximate surface area is 104 Å². The van der Waals surface area contributed by atoms with Gasteiger partial charge in [0.25, 0.3) is 0 Å². The van der Waals surface area contributed by atoms with Crippen LogP contribution in [0.1, 0.15) is 46.0 Å². The third-order valence-corrected chi connectivity index (χ3v) is 3.23. The number of carbonyl (C=O) groups excluding carboxylic acids is 1. The van der Waals surface area contributed by atoms with Crippen LogP contribution in [0.15, 0.2) is 0 Å². The van der Waals surface area contributed by atoms with E-state index < -0.39 is 0 Å². The highest BCUT2D eigenvalue weighted by molar-refractivity contribution is 5.77. The van der Waals surface area contributed by atoms with Gasteiger partial charge in [0.15, 0.2) is 0 Å². The van der Waals surface area contributed by atoms with Gasteiger partial charge in [-0.2, -0.15) is 0 Å². The van der Waals surface area contributed by atoms with Gasteiger partial charge >= 0.3 is 0 Å². The summed E-state index contributed by atoms with van der Waals surface area (Å²) in [5, 5.41) is 0. The van der Waals surface area contributed by atoms with E-state index in [1.807, 2.05) is 18.7 Å². The molecule has 0 aromatic heterocycles. The fraction of sp³-hybridized carbons (Fsp3) is 0.923. The molecular weight excluding hydrogens is 216 g/mol. The second kappa shape index (κ2) is 7.67. The van der Waals surface area contributed by atoms with Crippen molar-refractivity contribution < 1.29 is 9.53 Å². The van der Waals surface area contributed by atoms with Crippen molar-refractivity contribution in [1.82, 2.24) is 4.90 Å². The maximum Gasteiger partial charge on any atom is 0.248 e. The van der Waals surface area contributed by atoms with Gasteiger partial charge in [-0.15, -0.1) is 0 Å². The zero-order chi connectivity index (χ0) is 12.7. The Bertz CT molecular complexity index is 225. The molecule has 0 saturated heterocycles. The third-order valence-electron chi connectivity index (χ3n) is 3.23. The van der Waals surface area contributed by atoms with E-state index in [2.05, 4.69) is 0 Å². The molecule has 100 valence electrons. The molecule has 0 heterocycles. The normalized spacial score (nSPS) is 16.7. The molecule has 0 aromatic carbocycles. The second-order valence-corrected chi connectivity index (χ2v) is 5.03. The van der Waals surface area contributed by atoms with Crippen molar-refractivity contribution in [2.45, 2.75) is 58.1 Å². The standard InChI is InChI=1S/C13H26N2O2/c1-11(2)17-10-13(16)15(9-5-8-14)12-6-3-4-7-12/h11-12H,3-10,14H2,1-2H3. The molecular formula is C13H26N2O2. The van der Waals surface area contributed by atoms with E-state index in [0.717, 1.165) is 25.8 Å². The molecule has 1 amide bonds. The Balaban J connectivity index is 2.45. The molecule has 0 unspecified atom stereocenters. The Morgan fingerprint density at radius 1 is 1.41 bits per heavy atom. The van der Waals surface area contributed by atoms with Crippen molar-refractivity contribution in [3.8, 4) is 0 Å². The highest BCUT2D eigenvalue weighted by Gasteiger charge is 2.26. The summed E-state index contributed by atoms with van der Waals surface area (Å²) in [6.07, 6.45) is 5.74. The average molecular weight is 242 g/mol. The molecule has 17 heavy (non-hydrogen) atoms. The summed E-state index contributed by atoms with van der Waals surface area (Å²) in [5.74, 6) is 0.124. The van der Waals surface area contributed by atoms with Gasteiger partial charge in [-0.3, -0.25) is 4.79 Å². The smallest absolute Gasteiger partial charge is 0.248 e. The molecule has 1 aliphatic carbocycles. The molecule has 0 aromatic rings. The SMILES string of the molecule is CC(C)OCC(=O)N(CCCN)C1CCCC1. The Hall–Kier alpha value is -0.610. The molecule has 0 aliphatic heterocycles. The van der Waals surface area contributed by atoms with E-state index in [1.165, 1.54) is 12.8 Å². The first kappa shape index (κ1) is 14.5. The summed E-state index contributed by atoms with van der Waals surface area (Å²) in [7, 11) is 0. The lowest BCUT2D eigenvalue weighted by Crippen LogP contribution is -2.42. The monoisotopic (exact) mass is 242 g/mol. The van der Waals surface area contributed by atoms with Crippen LogP contribution >= 0.6 is 0 Å². The summed E-state index contributed by atoms with van der Waals surface area (Å²) < 4.78 is 5.40. The molecule has 4 nitrogen and oxygen atoms in total. The predicted octanol–water partition coefficient (Wildman–Crippen LogP) is 1.53. The molecule has 4 heteroatoms. The maximum absolute atomic E-state index is 12.1. The first-order chi connectivity index (χ1) is 8.15. The van der Waals surface area contributed by atoms with Gasteiger partial charge in [-0.25, -0.2) is 0 Å². The lowest BCUT2D eigenvalue weighted by Gasteiger charge is -2.29. The van der Waals surface area contributed by atoms with Crippen LogP contribution in [0.3, 0.4) is 0 Å². The number of hydrogen-bond acceptors (Lipinski definition) is 3. The number of carbonyl (C=O) groups is 1. The first-order valence-electron chi connectivity index (χ1n) is 6.76. The minimum atomic E-state index is 0.110. The van der Waals surface area contributed by atoms with E-state index in [1.54, 1.807) is 0 Å². The van der Waals surface area contributed by atoms with Crippen molar-refractivity contribution in [3.63, 3.8) is 0 Å². The molecule has 1 fully saturated rings. The summed E-state index contributed by atoms with van der Waals surface area (Å²) in [6.45, 7) is 5.53. The van der Waals surface area contributed by atoms with Crippen LogP contribution in [-0.2, 0) is 9.53 Å². The number of ether oxygens (including phenoxy) is 1. The van der Waals surface area contributed by atoms with Crippen LogP contribution in [0.4, 0.5) is 0 Å². The minimum Gasteiger partial charge on any atom is -0.369 e. The highest BCUT2D eigenvalue weighted by atomic mass is 16.5. The van der Waals surface area contributed by atoms with Gasteiger partial charge in [0.1, 0.15) is 6.61 Å². The molecule has 2 N–H and O–H groups in total. The average Bonchev–Trinajstić information content (AvgIpc) is 2.80. The van der Waals surface area contributed by atoms with Gasteiger partial charge in [0.2, 0.25) is 5.91 Å². The Morgan fingerprint density at radius 2 is 2.06 bits per heavy atom. The molecule has 1 rings (SSSR count). The van der Waals surface area contributed by atoms with Crippen LogP contribution < -0.4 is 5.73 Å². The number of amides is 1. The Kier molecular flexibility index (Phi) is 6.52. The first-order valence-corrected chi connectivity index (χ1v) is 6.76. The number of rotatable bonds is 7. The number of hydrogen-bond donors (Lipinski definition) is 1. The number of nitrogens with zero attached hydrogens (tertiary/aromatic N) is 1. The molecule has 0 spiro atoms. The van der Waals surface area contributed by atoms with Crippen molar-refractivity contribution in [2.75, 3.05) is 19.7 Å². The summed E-state index contributed by atoms with van der Waals surface area (Å²) in [4.78, 5) is 14.1. The van der Waals surface area contributed by atoms with Crippen LogP contribution in [0.25, 0.3) is 0 Å². The second-order valence-electron chi connectivity index (χ2n) is 5.03. The van der Waals surface area contributed by atoms with E-state index in [9.17, 15) is 4.79 Å². The van der Waals surface area contributed by atoms with Crippen molar-refractivity contribution in [1.29, 1.82) is 0 Å². The van der Waals surface area contributed by atoms with Gasteiger partial charge < -0.3 is 15.4 Å². The van der Waals surface area contributed by atoms with Gasteiger partial charge in [-0.05, 0) is 39.7 Å². The summed E-state index contributed by atoms with van der Waals surface area (Å²) >= 11 is 0. The van der Waals surface area contributed by atoms with E-state index in [4.69, 9.17) is 10.5 Å². The zero-order valence-electron chi connectivity index (χ0n) is 11.2. The van der Waals surface area contributed by atoms with Crippen LogP contribution in [0, 0.1) is 0 Å². The lowest BCUT2D eigenvalue weighted by atomic mass is 10.2. The van der Waals surface area contributed by atoms with E-state index in [-0.39, 0.29) is 18.6 Å². The third kappa shape index (κ3) is 5.04. The maximum atomic E-state index is 12.1. The highest BCUT2D eigenvalue weighted by Crippen LogP contribution is 2.23. The summed E-state index contributed by atoms with van der Waals surface area (Å²) in [6, 6.07) is 0.421. The summed E-state index contributed by atoms with van der Waals surface area (Å²) in [5.41, 5.74) is 5.53. The quantitative estimate of drug-likeness (QED) is 0.736. The molecule has 0 atom stereocenters. The largest absolute Gasteiger partial charge is 0.369 e. The molecule has 1 saturated carbocycles. The molecule has 1 aliphatic rings. The zero-order valence-corrected chi connectivity index (χ0v) is 11.2. The molecule has 0 bridgehead atoms. The Morgan fingerprint density at radius 3 is 2.59 bits per heavy atom. The minimum absolute atomic E-state index is 0.110. The van der Waals surface area contributed by atoms with Gasteiger partial charge in [-0.1, -0.05) is 12.8 Å².